The van der Waals surface area contributed by atoms with Crippen molar-refractivity contribution < 1.29 is 8.78 Å². The Morgan fingerprint density at radius 3 is 2.33 bits per heavy atom. The highest BCUT2D eigenvalue weighted by molar-refractivity contribution is 5.21. The Kier molecular flexibility index (Phi) is 3.00. The van der Waals surface area contributed by atoms with E-state index in [1.54, 1.807) is 0 Å². The zero-order chi connectivity index (χ0) is 10.8. The smallest absolute Gasteiger partial charge is 0.129 e. The molecule has 1 aromatic rings. The summed E-state index contributed by atoms with van der Waals surface area (Å²) in [5.41, 5.74) is 6.05. The Bertz CT molecular complexity index is 327. The molecule has 15 heavy (non-hydrogen) atoms. The monoisotopic (exact) mass is 211 g/mol. The maximum Gasteiger partial charge on any atom is 0.129 e. The maximum absolute atomic E-state index is 13.3. The van der Waals surface area contributed by atoms with Gasteiger partial charge in [0.25, 0.3) is 0 Å². The molecule has 0 aliphatic heterocycles. The van der Waals surface area contributed by atoms with Crippen molar-refractivity contribution in [3.63, 3.8) is 0 Å². The molecular formula is C12H15F2N. The molecule has 0 heterocycles. The molecule has 0 amide bonds. The molecule has 1 aliphatic carbocycles. The minimum atomic E-state index is -0.482. The number of benzene rings is 1. The molecule has 2 rings (SSSR count). The summed E-state index contributed by atoms with van der Waals surface area (Å²) in [5, 5.41) is 0. The predicted octanol–water partition coefficient (Wildman–Crippen LogP) is 2.63. The number of halogens is 2. The highest BCUT2D eigenvalue weighted by Gasteiger charge is 2.25. The van der Waals surface area contributed by atoms with Crippen LogP contribution in [-0.2, 0) is 6.42 Å². The van der Waals surface area contributed by atoms with Crippen molar-refractivity contribution in [1.29, 1.82) is 0 Å². The van der Waals surface area contributed by atoms with Gasteiger partial charge < -0.3 is 5.73 Å². The van der Waals surface area contributed by atoms with Gasteiger partial charge in [-0.3, -0.25) is 0 Å². The third-order valence-corrected chi connectivity index (χ3v) is 3.26. The molecule has 2 N–H and O–H groups in total. The summed E-state index contributed by atoms with van der Waals surface area (Å²) in [6.07, 6.45) is 3.69. The van der Waals surface area contributed by atoms with Gasteiger partial charge >= 0.3 is 0 Å². The van der Waals surface area contributed by atoms with Crippen LogP contribution in [0.15, 0.2) is 18.2 Å². The maximum atomic E-state index is 13.3. The molecule has 1 aromatic carbocycles. The van der Waals surface area contributed by atoms with E-state index in [1.165, 1.54) is 24.6 Å². The van der Waals surface area contributed by atoms with Crippen LogP contribution < -0.4 is 5.73 Å². The highest BCUT2D eigenvalue weighted by atomic mass is 19.1. The van der Waals surface area contributed by atoms with Gasteiger partial charge in [0, 0.05) is 11.6 Å². The van der Waals surface area contributed by atoms with E-state index in [1.807, 2.05) is 0 Å². The minimum Gasteiger partial charge on any atom is -0.327 e. The van der Waals surface area contributed by atoms with Gasteiger partial charge in [-0.1, -0.05) is 12.5 Å². The van der Waals surface area contributed by atoms with Crippen molar-refractivity contribution >= 4 is 0 Å². The Morgan fingerprint density at radius 1 is 1.27 bits per heavy atom. The van der Waals surface area contributed by atoms with Gasteiger partial charge in [-0.2, -0.15) is 0 Å². The average Bonchev–Trinajstić information content (AvgIpc) is 2.08. The molecule has 0 radical (unpaired) electrons. The molecule has 1 saturated carbocycles. The van der Waals surface area contributed by atoms with Crippen LogP contribution in [0.3, 0.4) is 0 Å². The van der Waals surface area contributed by atoms with E-state index < -0.39 is 11.6 Å². The summed E-state index contributed by atoms with van der Waals surface area (Å²) in [5.74, 6) is -0.515. The van der Waals surface area contributed by atoms with E-state index in [0.717, 1.165) is 12.8 Å². The predicted molar refractivity (Wildman–Crippen MR) is 55.4 cm³/mol. The van der Waals surface area contributed by atoms with Crippen LogP contribution in [0.4, 0.5) is 8.78 Å². The Morgan fingerprint density at radius 2 is 1.87 bits per heavy atom. The van der Waals surface area contributed by atoms with Gasteiger partial charge in [-0.05, 0) is 37.3 Å². The molecule has 1 nitrogen and oxygen atoms in total. The first-order valence-corrected chi connectivity index (χ1v) is 5.37. The third-order valence-electron chi connectivity index (χ3n) is 3.26. The van der Waals surface area contributed by atoms with Crippen LogP contribution in [-0.4, -0.2) is 6.04 Å². The first kappa shape index (κ1) is 10.6. The van der Waals surface area contributed by atoms with Crippen LogP contribution >= 0.6 is 0 Å². The fourth-order valence-electron chi connectivity index (χ4n) is 2.00. The second-order valence-electron chi connectivity index (χ2n) is 4.26. The number of rotatable bonds is 3. The normalized spacial score (nSPS) is 18.6. The zero-order valence-corrected chi connectivity index (χ0v) is 8.55. The molecule has 1 unspecified atom stereocenters. The van der Waals surface area contributed by atoms with Gasteiger partial charge in [-0.15, -0.1) is 0 Å². The van der Waals surface area contributed by atoms with Gasteiger partial charge in [0.2, 0.25) is 0 Å². The molecule has 1 atom stereocenters. The van der Waals surface area contributed by atoms with Crippen LogP contribution in [0.1, 0.15) is 24.8 Å². The zero-order valence-electron chi connectivity index (χ0n) is 8.55. The lowest BCUT2D eigenvalue weighted by Gasteiger charge is -2.31. The Hall–Kier alpha value is -0.960. The summed E-state index contributed by atoms with van der Waals surface area (Å²) >= 11 is 0. The molecule has 0 spiro atoms. The van der Waals surface area contributed by atoms with Crippen LogP contribution in [0.2, 0.25) is 0 Å². The van der Waals surface area contributed by atoms with Gasteiger partial charge in [-0.25, -0.2) is 8.78 Å². The van der Waals surface area contributed by atoms with Gasteiger partial charge in [0.05, 0.1) is 0 Å². The minimum absolute atomic E-state index is 0.106. The van der Waals surface area contributed by atoms with E-state index in [2.05, 4.69) is 0 Å². The standard InChI is InChI=1S/C12H15F2N/c13-10-5-2-6-11(14)9(10)7-12(15)8-3-1-4-8/h2,5-6,8,12H,1,3-4,7,15H2. The molecular weight excluding hydrogens is 196 g/mol. The lowest BCUT2D eigenvalue weighted by atomic mass is 9.78. The molecule has 1 aliphatic rings. The van der Waals surface area contributed by atoms with Crippen LogP contribution in [0, 0.1) is 17.6 Å². The topological polar surface area (TPSA) is 26.0 Å². The van der Waals surface area contributed by atoms with E-state index in [0.29, 0.717) is 12.3 Å². The van der Waals surface area contributed by atoms with Gasteiger partial charge in [0.15, 0.2) is 0 Å². The highest BCUT2D eigenvalue weighted by Crippen LogP contribution is 2.30. The Labute approximate surface area is 88.3 Å². The second-order valence-corrected chi connectivity index (χ2v) is 4.26. The first-order chi connectivity index (χ1) is 7.18. The third kappa shape index (κ3) is 2.17. The summed E-state index contributed by atoms with van der Waals surface area (Å²) in [4.78, 5) is 0. The first-order valence-electron chi connectivity index (χ1n) is 5.37. The van der Waals surface area contributed by atoms with Crippen LogP contribution in [0.5, 0.6) is 0 Å². The van der Waals surface area contributed by atoms with Crippen molar-refractivity contribution in [3.05, 3.63) is 35.4 Å². The molecule has 0 aromatic heterocycles. The average molecular weight is 211 g/mol. The van der Waals surface area contributed by atoms with Crippen molar-refractivity contribution in [2.24, 2.45) is 11.7 Å². The van der Waals surface area contributed by atoms with Crippen molar-refractivity contribution in [3.8, 4) is 0 Å². The van der Waals surface area contributed by atoms with Crippen LogP contribution in [0.25, 0.3) is 0 Å². The summed E-state index contributed by atoms with van der Waals surface area (Å²) in [7, 11) is 0. The van der Waals surface area contributed by atoms with Crippen molar-refractivity contribution in [1.82, 2.24) is 0 Å². The number of hydrogen-bond acceptors (Lipinski definition) is 1. The lowest BCUT2D eigenvalue weighted by Crippen LogP contribution is -2.36. The number of hydrogen-bond donors (Lipinski definition) is 1. The van der Waals surface area contributed by atoms with Gasteiger partial charge in [0.1, 0.15) is 11.6 Å². The molecule has 1 fully saturated rings. The molecule has 3 heteroatoms. The summed E-state index contributed by atoms with van der Waals surface area (Å²) in [6, 6.07) is 3.84. The van der Waals surface area contributed by atoms with Crippen molar-refractivity contribution in [2.45, 2.75) is 31.7 Å². The van der Waals surface area contributed by atoms with E-state index in [9.17, 15) is 8.78 Å². The fraction of sp³-hybridized carbons (Fsp3) is 0.500. The van der Waals surface area contributed by atoms with E-state index in [4.69, 9.17) is 5.73 Å². The summed E-state index contributed by atoms with van der Waals surface area (Å²) in [6.45, 7) is 0. The second kappa shape index (κ2) is 4.27. The quantitative estimate of drug-likeness (QED) is 0.817. The lowest BCUT2D eigenvalue weighted by molar-refractivity contribution is 0.258. The molecule has 0 bridgehead atoms. The van der Waals surface area contributed by atoms with Crippen molar-refractivity contribution in [2.75, 3.05) is 0 Å². The SMILES string of the molecule is NC(Cc1c(F)cccc1F)C1CCC1. The largest absolute Gasteiger partial charge is 0.327 e. The van der Waals surface area contributed by atoms with E-state index in [-0.39, 0.29) is 11.6 Å². The summed E-state index contributed by atoms with van der Waals surface area (Å²) < 4.78 is 26.6. The molecule has 0 saturated heterocycles. The Balaban J connectivity index is 2.09. The fourth-order valence-corrected chi connectivity index (χ4v) is 2.00. The number of nitrogens with two attached hydrogens (primary N) is 1. The molecule has 82 valence electrons. The van der Waals surface area contributed by atoms with E-state index >= 15 is 0 Å².